The van der Waals surface area contributed by atoms with Gasteiger partial charge in [-0.05, 0) is 36.8 Å². The van der Waals surface area contributed by atoms with Gasteiger partial charge < -0.3 is 5.11 Å². The minimum atomic E-state index is -1.24. The molecule has 2 rings (SSSR count). The van der Waals surface area contributed by atoms with Gasteiger partial charge in [-0.15, -0.1) is 0 Å². The monoisotopic (exact) mass is 420 g/mol. The molecule has 0 aliphatic carbocycles. The fraction of sp³-hybridized carbons (Fsp3) is 0.200. The molecule has 1 atom stereocenters. The SMILES string of the molecule is CC(O)(Cc1ccc(Br)cc1F)c1ccc(Br)cc1Cl. The van der Waals surface area contributed by atoms with E-state index < -0.39 is 5.60 Å². The largest absolute Gasteiger partial charge is 0.385 e. The third kappa shape index (κ3) is 3.61. The molecule has 0 saturated heterocycles. The average molecular weight is 423 g/mol. The van der Waals surface area contributed by atoms with Gasteiger partial charge in [0.15, 0.2) is 0 Å². The van der Waals surface area contributed by atoms with Gasteiger partial charge >= 0.3 is 0 Å². The zero-order valence-corrected chi connectivity index (χ0v) is 14.6. The van der Waals surface area contributed by atoms with E-state index >= 15 is 0 Å². The highest BCUT2D eigenvalue weighted by Gasteiger charge is 2.27. The van der Waals surface area contributed by atoms with E-state index in [2.05, 4.69) is 31.9 Å². The molecular formula is C15H12Br2ClFO. The van der Waals surface area contributed by atoms with E-state index in [1.54, 1.807) is 37.3 Å². The molecule has 0 aromatic heterocycles. The lowest BCUT2D eigenvalue weighted by Crippen LogP contribution is -2.25. The van der Waals surface area contributed by atoms with Crippen molar-refractivity contribution in [3.05, 3.63) is 67.3 Å². The lowest BCUT2D eigenvalue weighted by molar-refractivity contribution is 0.0568. The Balaban J connectivity index is 2.35. The van der Waals surface area contributed by atoms with Crippen LogP contribution in [0.2, 0.25) is 5.02 Å². The Morgan fingerprint density at radius 3 is 2.35 bits per heavy atom. The summed E-state index contributed by atoms with van der Waals surface area (Å²) in [6.07, 6.45) is 0.146. The van der Waals surface area contributed by atoms with Gasteiger partial charge in [0.25, 0.3) is 0 Å². The molecule has 0 bridgehead atoms. The Hall–Kier alpha value is -0.420. The Bertz CT molecular complexity index is 644. The molecule has 0 radical (unpaired) electrons. The van der Waals surface area contributed by atoms with Crippen LogP contribution in [0, 0.1) is 5.82 Å². The zero-order chi connectivity index (χ0) is 14.9. The first-order chi connectivity index (χ1) is 9.29. The van der Waals surface area contributed by atoms with Gasteiger partial charge in [-0.1, -0.05) is 55.6 Å². The molecule has 0 heterocycles. The maximum atomic E-state index is 13.9. The molecule has 1 N–H and O–H groups in total. The molecule has 0 aliphatic rings. The van der Waals surface area contributed by atoms with Gasteiger partial charge in [-0.2, -0.15) is 0 Å². The highest BCUT2D eigenvalue weighted by molar-refractivity contribution is 9.10. The quantitative estimate of drug-likeness (QED) is 0.697. The number of aliphatic hydroxyl groups is 1. The number of rotatable bonds is 3. The van der Waals surface area contributed by atoms with Crippen LogP contribution in [0.25, 0.3) is 0 Å². The van der Waals surface area contributed by atoms with Crippen LogP contribution in [0.3, 0.4) is 0 Å². The van der Waals surface area contributed by atoms with Crippen molar-refractivity contribution < 1.29 is 9.50 Å². The third-order valence-corrected chi connectivity index (χ3v) is 4.36. The smallest absolute Gasteiger partial charge is 0.127 e. The summed E-state index contributed by atoms with van der Waals surface area (Å²) in [4.78, 5) is 0. The summed E-state index contributed by atoms with van der Waals surface area (Å²) in [5.41, 5.74) is -0.228. The minimum Gasteiger partial charge on any atom is -0.385 e. The molecule has 0 spiro atoms. The van der Waals surface area contributed by atoms with Gasteiger partial charge in [-0.3, -0.25) is 0 Å². The molecule has 2 aromatic carbocycles. The summed E-state index contributed by atoms with van der Waals surface area (Å²) in [6, 6.07) is 10.0. The van der Waals surface area contributed by atoms with Crippen molar-refractivity contribution in [2.24, 2.45) is 0 Å². The van der Waals surface area contributed by atoms with Gasteiger partial charge in [0.1, 0.15) is 5.82 Å². The molecule has 20 heavy (non-hydrogen) atoms. The van der Waals surface area contributed by atoms with Crippen molar-refractivity contribution in [1.29, 1.82) is 0 Å². The summed E-state index contributed by atoms with van der Waals surface area (Å²) < 4.78 is 15.4. The summed E-state index contributed by atoms with van der Waals surface area (Å²) in [5, 5.41) is 11.1. The molecule has 0 fully saturated rings. The van der Waals surface area contributed by atoms with E-state index in [9.17, 15) is 9.50 Å². The molecule has 0 aliphatic heterocycles. The molecule has 106 valence electrons. The number of benzene rings is 2. The fourth-order valence-electron chi connectivity index (χ4n) is 2.06. The first kappa shape index (κ1) is 16.0. The van der Waals surface area contributed by atoms with E-state index in [1.807, 2.05) is 0 Å². The first-order valence-corrected chi connectivity index (χ1v) is 7.88. The van der Waals surface area contributed by atoms with Crippen molar-refractivity contribution in [2.75, 3.05) is 0 Å². The van der Waals surface area contributed by atoms with E-state index in [-0.39, 0.29) is 12.2 Å². The van der Waals surface area contributed by atoms with Gasteiger partial charge in [0, 0.05) is 26.0 Å². The highest BCUT2D eigenvalue weighted by Crippen LogP contribution is 2.33. The van der Waals surface area contributed by atoms with E-state index in [0.717, 1.165) is 4.47 Å². The fourth-order valence-corrected chi connectivity index (χ4v) is 3.27. The molecular weight excluding hydrogens is 410 g/mol. The van der Waals surface area contributed by atoms with Crippen LogP contribution in [-0.4, -0.2) is 5.11 Å². The Kier molecular flexibility index (Phi) is 4.90. The van der Waals surface area contributed by atoms with Crippen molar-refractivity contribution >= 4 is 43.5 Å². The Morgan fingerprint density at radius 2 is 1.75 bits per heavy atom. The van der Waals surface area contributed by atoms with Crippen molar-refractivity contribution in [3.63, 3.8) is 0 Å². The molecule has 0 amide bonds. The minimum absolute atomic E-state index is 0.146. The lowest BCUT2D eigenvalue weighted by Gasteiger charge is -2.25. The second kappa shape index (κ2) is 6.14. The van der Waals surface area contributed by atoms with Gasteiger partial charge in [0.05, 0.1) is 5.60 Å². The number of hydrogen-bond donors (Lipinski definition) is 1. The van der Waals surface area contributed by atoms with Crippen molar-refractivity contribution in [2.45, 2.75) is 18.9 Å². The van der Waals surface area contributed by atoms with E-state index in [0.29, 0.717) is 20.6 Å². The standard InChI is InChI=1S/C15H12Br2ClFO/c1-15(20,12-5-4-10(16)6-13(12)18)8-9-2-3-11(17)7-14(9)19/h2-7,20H,8H2,1H3. The molecule has 2 aromatic rings. The molecule has 1 nitrogen and oxygen atoms in total. The maximum absolute atomic E-state index is 13.9. The topological polar surface area (TPSA) is 20.2 Å². The van der Waals surface area contributed by atoms with Crippen LogP contribution < -0.4 is 0 Å². The zero-order valence-electron chi connectivity index (χ0n) is 10.6. The highest BCUT2D eigenvalue weighted by atomic mass is 79.9. The summed E-state index contributed by atoms with van der Waals surface area (Å²) in [5.74, 6) is -0.354. The van der Waals surface area contributed by atoms with Gasteiger partial charge in [0.2, 0.25) is 0 Å². The predicted octanol–water partition coefficient (Wildman–Crippen LogP) is 5.45. The average Bonchev–Trinajstić information content (AvgIpc) is 2.32. The maximum Gasteiger partial charge on any atom is 0.127 e. The third-order valence-electron chi connectivity index (χ3n) is 3.06. The van der Waals surface area contributed by atoms with E-state index in [1.165, 1.54) is 6.07 Å². The predicted molar refractivity (Wildman–Crippen MR) is 86.5 cm³/mol. The molecule has 5 heteroatoms. The van der Waals surface area contributed by atoms with Crippen LogP contribution in [0.5, 0.6) is 0 Å². The van der Waals surface area contributed by atoms with Crippen LogP contribution in [-0.2, 0) is 12.0 Å². The second-order valence-corrected chi connectivity index (χ2v) is 7.05. The molecule has 1 unspecified atom stereocenters. The Morgan fingerprint density at radius 1 is 1.15 bits per heavy atom. The van der Waals surface area contributed by atoms with Crippen molar-refractivity contribution in [3.8, 4) is 0 Å². The number of halogens is 4. The van der Waals surface area contributed by atoms with Crippen molar-refractivity contribution in [1.82, 2.24) is 0 Å². The first-order valence-electron chi connectivity index (χ1n) is 5.91. The summed E-state index contributed by atoms with van der Waals surface area (Å²) in [7, 11) is 0. The van der Waals surface area contributed by atoms with Crippen LogP contribution in [0.1, 0.15) is 18.1 Å². The summed E-state index contributed by atoms with van der Waals surface area (Å²) >= 11 is 12.7. The van der Waals surface area contributed by atoms with Gasteiger partial charge in [-0.25, -0.2) is 4.39 Å². The Labute approximate surface area is 139 Å². The second-order valence-electron chi connectivity index (χ2n) is 4.81. The lowest BCUT2D eigenvalue weighted by atomic mass is 9.89. The van der Waals surface area contributed by atoms with Crippen LogP contribution in [0.4, 0.5) is 4.39 Å². The molecule has 0 saturated carbocycles. The van der Waals surface area contributed by atoms with Crippen LogP contribution >= 0.6 is 43.5 Å². The summed E-state index contributed by atoms with van der Waals surface area (Å²) in [6.45, 7) is 1.63. The normalized spacial score (nSPS) is 14.1. The number of hydrogen-bond acceptors (Lipinski definition) is 1. The van der Waals surface area contributed by atoms with E-state index in [4.69, 9.17) is 11.6 Å². The van der Waals surface area contributed by atoms with Crippen LogP contribution in [0.15, 0.2) is 45.3 Å².